The lowest BCUT2D eigenvalue weighted by Crippen LogP contribution is -2.33. The van der Waals surface area contributed by atoms with Crippen LogP contribution in [0.3, 0.4) is 0 Å². The highest BCUT2D eigenvalue weighted by Gasteiger charge is 2.24. The highest BCUT2D eigenvalue weighted by molar-refractivity contribution is 5.65. The molecule has 0 spiro atoms. The molecule has 0 aliphatic heterocycles. The number of hydrogen-bond donors (Lipinski definition) is 2. The lowest BCUT2D eigenvalue weighted by Gasteiger charge is -2.24. The summed E-state index contributed by atoms with van der Waals surface area (Å²) in [7, 11) is 0. The van der Waals surface area contributed by atoms with Crippen molar-refractivity contribution < 1.29 is 23.4 Å². The third-order valence-electron chi connectivity index (χ3n) is 3.51. The van der Waals surface area contributed by atoms with Gasteiger partial charge in [0, 0.05) is 24.2 Å². The van der Waals surface area contributed by atoms with Gasteiger partial charge < -0.3 is 25.7 Å². The zero-order valence-corrected chi connectivity index (χ0v) is 15.0. The second-order valence-electron chi connectivity index (χ2n) is 6.35. The summed E-state index contributed by atoms with van der Waals surface area (Å²) in [5.74, 6) is 0.751. The number of nitrogen functional groups attached to an aromatic ring is 1. The summed E-state index contributed by atoms with van der Waals surface area (Å²) in [6.45, 7) is 5.61. The number of amides is 1. The van der Waals surface area contributed by atoms with Crippen LogP contribution in [0.15, 0.2) is 36.4 Å². The van der Waals surface area contributed by atoms with Gasteiger partial charge in [-0.25, -0.2) is 9.18 Å². The topological polar surface area (TPSA) is 96.8 Å². The second-order valence-corrected chi connectivity index (χ2v) is 6.35. The van der Waals surface area contributed by atoms with E-state index in [1.807, 2.05) is 6.92 Å². The molecule has 0 saturated heterocycles. The van der Waals surface area contributed by atoms with Gasteiger partial charge in [0.1, 0.15) is 17.2 Å². The first kappa shape index (κ1) is 19.4. The van der Waals surface area contributed by atoms with Crippen molar-refractivity contribution in [1.82, 2.24) is 0 Å². The van der Waals surface area contributed by atoms with Crippen LogP contribution in [0.2, 0.25) is 0 Å². The number of primary amides is 1. The van der Waals surface area contributed by atoms with E-state index in [9.17, 15) is 9.18 Å². The maximum Gasteiger partial charge on any atom is 0.405 e. The van der Waals surface area contributed by atoms with Gasteiger partial charge in [-0.2, -0.15) is 0 Å². The van der Waals surface area contributed by atoms with Crippen LogP contribution in [0.5, 0.6) is 17.2 Å². The van der Waals surface area contributed by atoms with Gasteiger partial charge in [0.25, 0.3) is 0 Å². The van der Waals surface area contributed by atoms with Gasteiger partial charge in [-0.15, -0.1) is 0 Å². The van der Waals surface area contributed by atoms with E-state index in [-0.39, 0.29) is 6.42 Å². The summed E-state index contributed by atoms with van der Waals surface area (Å²) < 4.78 is 30.6. The quantitative estimate of drug-likeness (QED) is 0.725. The number of carbonyl (C=O) groups is 1. The van der Waals surface area contributed by atoms with Crippen molar-refractivity contribution in [2.75, 3.05) is 12.3 Å². The molecule has 1 amide bonds. The van der Waals surface area contributed by atoms with E-state index >= 15 is 0 Å². The monoisotopic (exact) mass is 362 g/mol. The maximum absolute atomic E-state index is 14.4. The summed E-state index contributed by atoms with van der Waals surface area (Å²) in [5.41, 5.74) is 10.8. The Morgan fingerprint density at radius 3 is 2.50 bits per heavy atom. The Balaban J connectivity index is 2.19. The van der Waals surface area contributed by atoms with Gasteiger partial charge >= 0.3 is 6.09 Å². The third-order valence-corrected chi connectivity index (χ3v) is 3.51. The SMILES string of the molecule is CCOc1cc(N)ccc1Oc1ccc(CC(C)(C)OC(N)=O)c(F)c1. The highest BCUT2D eigenvalue weighted by Crippen LogP contribution is 2.34. The lowest BCUT2D eigenvalue weighted by atomic mass is 9.98. The fourth-order valence-electron chi connectivity index (χ4n) is 2.51. The van der Waals surface area contributed by atoms with Crippen molar-refractivity contribution >= 4 is 11.8 Å². The standard InChI is InChI=1S/C19H23FN2O4/c1-4-24-17-9-13(21)6-8-16(17)25-14-7-5-12(15(20)10-14)11-19(2,3)26-18(22)23/h5-10H,4,11,21H2,1-3H3,(H2,22,23). The van der Waals surface area contributed by atoms with E-state index in [1.54, 1.807) is 44.2 Å². The molecule has 6 nitrogen and oxygen atoms in total. The number of carbonyl (C=O) groups excluding carboxylic acids is 1. The van der Waals surface area contributed by atoms with Crippen LogP contribution >= 0.6 is 0 Å². The van der Waals surface area contributed by atoms with Crippen molar-refractivity contribution in [3.8, 4) is 17.2 Å². The zero-order chi connectivity index (χ0) is 19.3. The van der Waals surface area contributed by atoms with Crippen molar-refractivity contribution in [2.24, 2.45) is 5.73 Å². The van der Waals surface area contributed by atoms with Gasteiger partial charge in [-0.3, -0.25) is 0 Å². The lowest BCUT2D eigenvalue weighted by molar-refractivity contribution is 0.0454. The molecule has 0 fully saturated rings. The summed E-state index contributed by atoms with van der Waals surface area (Å²) in [6.07, 6.45) is -0.726. The molecule has 0 saturated carbocycles. The molecular formula is C19H23FN2O4. The third kappa shape index (κ3) is 5.27. The number of rotatable bonds is 7. The summed E-state index contributed by atoms with van der Waals surface area (Å²) >= 11 is 0. The minimum absolute atomic E-state index is 0.175. The molecule has 7 heteroatoms. The molecular weight excluding hydrogens is 339 g/mol. The van der Waals surface area contributed by atoms with Crippen molar-refractivity contribution in [3.63, 3.8) is 0 Å². The molecule has 26 heavy (non-hydrogen) atoms. The molecule has 4 N–H and O–H groups in total. The first-order valence-electron chi connectivity index (χ1n) is 8.17. The number of benzene rings is 2. The van der Waals surface area contributed by atoms with Gasteiger partial charge in [0.05, 0.1) is 6.61 Å². The Morgan fingerprint density at radius 2 is 1.88 bits per heavy atom. The molecule has 0 aromatic heterocycles. The van der Waals surface area contributed by atoms with Gasteiger partial charge in [0.2, 0.25) is 0 Å². The normalized spacial score (nSPS) is 11.1. The molecule has 0 heterocycles. The molecule has 2 aromatic carbocycles. The fraction of sp³-hybridized carbons (Fsp3) is 0.316. The molecule has 0 bridgehead atoms. The van der Waals surface area contributed by atoms with E-state index < -0.39 is 17.5 Å². The predicted octanol–water partition coefficient (Wildman–Crippen LogP) is 4.02. The minimum Gasteiger partial charge on any atom is -0.490 e. The number of hydrogen-bond acceptors (Lipinski definition) is 5. The van der Waals surface area contributed by atoms with Crippen molar-refractivity contribution in [2.45, 2.75) is 32.8 Å². The van der Waals surface area contributed by atoms with E-state index in [0.717, 1.165) is 0 Å². The molecule has 140 valence electrons. The Labute approximate surface area is 151 Å². The molecule has 0 aliphatic rings. The Hall–Kier alpha value is -2.96. The average Bonchev–Trinajstić information content (AvgIpc) is 2.51. The van der Waals surface area contributed by atoms with Crippen LogP contribution in [0, 0.1) is 5.82 Å². The van der Waals surface area contributed by atoms with Crippen LogP contribution in [-0.2, 0) is 11.2 Å². The van der Waals surface area contributed by atoms with E-state index in [4.69, 9.17) is 25.7 Å². The number of halogens is 1. The van der Waals surface area contributed by atoms with E-state index in [1.165, 1.54) is 6.07 Å². The zero-order valence-electron chi connectivity index (χ0n) is 15.0. The van der Waals surface area contributed by atoms with Crippen LogP contribution < -0.4 is 20.9 Å². The Morgan fingerprint density at radius 1 is 1.15 bits per heavy atom. The average molecular weight is 362 g/mol. The van der Waals surface area contributed by atoms with Crippen LogP contribution in [-0.4, -0.2) is 18.3 Å². The molecule has 0 atom stereocenters. The Kier molecular flexibility index (Phi) is 5.92. The highest BCUT2D eigenvalue weighted by atomic mass is 19.1. The maximum atomic E-state index is 14.4. The van der Waals surface area contributed by atoms with Crippen LogP contribution in [0.4, 0.5) is 14.9 Å². The Bertz CT molecular complexity index is 793. The van der Waals surface area contributed by atoms with Crippen molar-refractivity contribution in [1.29, 1.82) is 0 Å². The van der Waals surface area contributed by atoms with Gasteiger partial charge in [-0.05, 0) is 44.5 Å². The minimum atomic E-state index is -0.922. The smallest absolute Gasteiger partial charge is 0.405 e. The van der Waals surface area contributed by atoms with Gasteiger partial charge in [-0.1, -0.05) is 6.07 Å². The van der Waals surface area contributed by atoms with Crippen LogP contribution in [0.25, 0.3) is 0 Å². The number of ether oxygens (including phenoxy) is 3. The van der Waals surface area contributed by atoms with Crippen LogP contribution in [0.1, 0.15) is 26.3 Å². The molecule has 2 rings (SSSR count). The van der Waals surface area contributed by atoms with E-state index in [2.05, 4.69) is 0 Å². The largest absolute Gasteiger partial charge is 0.490 e. The first-order chi connectivity index (χ1) is 12.2. The second kappa shape index (κ2) is 7.95. The summed E-state index contributed by atoms with van der Waals surface area (Å²) in [4.78, 5) is 10.9. The number of nitrogens with two attached hydrogens (primary N) is 2. The first-order valence-corrected chi connectivity index (χ1v) is 8.17. The molecule has 2 aromatic rings. The number of anilines is 1. The summed E-state index contributed by atoms with van der Waals surface area (Å²) in [5, 5.41) is 0. The van der Waals surface area contributed by atoms with E-state index in [0.29, 0.717) is 35.1 Å². The molecule has 0 unspecified atom stereocenters. The van der Waals surface area contributed by atoms with Crippen molar-refractivity contribution in [3.05, 3.63) is 47.8 Å². The fourth-order valence-corrected chi connectivity index (χ4v) is 2.51. The predicted molar refractivity (Wildman–Crippen MR) is 96.9 cm³/mol. The molecule has 0 radical (unpaired) electrons. The van der Waals surface area contributed by atoms with Gasteiger partial charge in [0.15, 0.2) is 11.5 Å². The molecule has 0 aliphatic carbocycles. The summed E-state index contributed by atoms with van der Waals surface area (Å²) in [6, 6.07) is 9.45.